The van der Waals surface area contributed by atoms with Crippen molar-refractivity contribution in [3.8, 4) is 17.2 Å². The highest BCUT2D eigenvalue weighted by atomic mass is 19.2. The Balaban J connectivity index is 1.18. The van der Waals surface area contributed by atoms with Gasteiger partial charge in [0, 0.05) is 22.8 Å². The number of aromatic hydroxyl groups is 1. The molecular formula is C33H32F4N2O3. The molecule has 1 N–H and O–H groups in total. The summed E-state index contributed by atoms with van der Waals surface area (Å²) in [5.41, 5.74) is 4.83. The molecule has 0 saturated heterocycles. The number of nitrogens with zero attached hydrogens (tertiary/aromatic N) is 2. The van der Waals surface area contributed by atoms with Crippen LogP contribution in [0.25, 0.3) is 0 Å². The molecule has 3 aromatic rings. The molecule has 0 bridgehead atoms. The van der Waals surface area contributed by atoms with Gasteiger partial charge in [0.1, 0.15) is 18.1 Å². The SMILES string of the molecule is COc1ccc(/C=N\N=C2\CC[C@@H]3[C@@H]4CCc5cc(O)ccc5[C@H]4CC[C@@]23C)cc1COc1c(F)c(F)cc(F)c1F. The number of ether oxygens (including phenoxy) is 2. The molecule has 2 fully saturated rings. The van der Waals surface area contributed by atoms with Crippen LogP contribution in [0.5, 0.6) is 17.2 Å². The average Bonchev–Trinajstić information content (AvgIpc) is 3.32. The highest BCUT2D eigenvalue weighted by Crippen LogP contribution is 2.60. The van der Waals surface area contributed by atoms with Gasteiger partial charge < -0.3 is 14.6 Å². The molecule has 0 spiro atoms. The van der Waals surface area contributed by atoms with Gasteiger partial charge in [0.15, 0.2) is 17.4 Å². The van der Waals surface area contributed by atoms with Gasteiger partial charge >= 0.3 is 0 Å². The minimum Gasteiger partial charge on any atom is -0.508 e. The van der Waals surface area contributed by atoms with E-state index in [4.69, 9.17) is 9.47 Å². The number of rotatable bonds is 6. The molecule has 3 aromatic carbocycles. The van der Waals surface area contributed by atoms with Crippen molar-refractivity contribution in [2.24, 2.45) is 27.5 Å². The minimum atomic E-state index is -1.60. The van der Waals surface area contributed by atoms with Crippen molar-refractivity contribution in [1.29, 1.82) is 0 Å². The number of phenolic OH excluding ortho intramolecular Hbond substituents is 1. The lowest BCUT2D eigenvalue weighted by molar-refractivity contribution is 0.0955. The van der Waals surface area contributed by atoms with Crippen molar-refractivity contribution in [2.45, 2.75) is 58.0 Å². The summed E-state index contributed by atoms with van der Waals surface area (Å²) in [6, 6.07) is 11.0. The molecule has 6 rings (SSSR count). The standard InChI is InChI=1S/C33H32F4N2O3/c1-33-12-11-23-22-7-5-21(40)14-19(22)4-6-24(23)25(33)8-10-29(33)39-38-16-18-3-9-28(41-2)20(13-18)17-42-32-30(36)26(34)15-27(35)31(32)37/h3,5,7,9,13-16,23-25,40H,4,6,8,10-12,17H2,1-2H3/b38-16-,39-29-/t23-,24-,25-,33-/m1/s1. The molecule has 0 aromatic heterocycles. The third-order valence-corrected chi connectivity index (χ3v) is 9.58. The molecule has 0 amide bonds. The first-order chi connectivity index (χ1) is 20.2. The van der Waals surface area contributed by atoms with E-state index < -0.39 is 29.0 Å². The predicted octanol–water partition coefficient (Wildman–Crippen LogP) is 7.87. The van der Waals surface area contributed by atoms with Crippen LogP contribution in [0.15, 0.2) is 52.7 Å². The topological polar surface area (TPSA) is 63.4 Å². The lowest BCUT2D eigenvalue weighted by atomic mass is 9.55. The van der Waals surface area contributed by atoms with E-state index in [1.807, 2.05) is 6.07 Å². The van der Waals surface area contributed by atoms with Crippen LogP contribution in [-0.4, -0.2) is 24.1 Å². The molecule has 0 radical (unpaired) electrons. The first kappa shape index (κ1) is 28.2. The summed E-state index contributed by atoms with van der Waals surface area (Å²) >= 11 is 0. The maximum atomic E-state index is 14.1. The van der Waals surface area contributed by atoms with Crippen LogP contribution in [0.3, 0.4) is 0 Å². The van der Waals surface area contributed by atoms with Crippen LogP contribution in [0.4, 0.5) is 17.6 Å². The number of fused-ring (bicyclic) bond motifs is 5. The summed E-state index contributed by atoms with van der Waals surface area (Å²) in [5.74, 6) is -5.06. The molecular weight excluding hydrogens is 548 g/mol. The third-order valence-electron chi connectivity index (χ3n) is 9.58. The second kappa shape index (κ2) is 11.1. The van der Waals surface area contributed by atoms with Gasteiger partial charge in [-0.2, -0.15) is 19.0 Å². The van der Waals surface area contributed by atoms with Gasteiger partial charge in [-0.1, -0.05) is 13.0 Å². The summed E-state index contributed by atoms with van der Waals surface area (Å²) < 4.78 is 65.8. The van der Waals surface area contributed by atoms with E-state index in [0.29, 0.717) is 40.4 Å². The van der Waals surface area contributed by atoms with Crippen LogP contribution >= 0.6 is 0 Å². The van der Waals surface area contributed by atoms with Crippen LogP contribution in [-0.2, 0) is 13.0 Å². The molecule has 9 heteroatoms. The van der Waals surface area contributed by atoms with E-state index in [-0.39, 0.29) is 18.1 Å². The number of halogens is 4. The summed E-state index contributed by atoms with van der Waals surface area (Å²) in [4.78, 5) is 0. The van der Waals surface area contributed by atoms with Crippen LogP contribution in [0.2, 0.25) is 0 Å². The van der Waals surface area contributed by atoms with Crippen molar-refractivity contribution in [1.82, 2.24) is 0 Å². The van der Waals surface area contributed by atoms with Crippen LogP contribution in [0, 0.1) is 40.5 Å². The summed E-state index contributed by atoms with van der Waals surface area (Å²) in [6.45, 7) is 1.93. The highest BCUT2D eigenvalue weighted by Gasteiger charge is 2.53. The van der Waals surface area contributed by atoms with Crippen molar-refractivity contribution in [3.63, 3.8) is 0 Å². The van der Waals surface area contributed by atoms with Gasteiger partial charge in [0.2, 0.25) is 11.6 Å². The Morgan fingerprint density at radius 3 is 2.52 bits per heavy atom. The second-order valence-electron chi connectivity index (χ2n) is 11.7. The van der Waals surface area contributed by atoms with E-state index >= 15 is 0 Å². The van der Waals surface area contributed by atoms with E-state index in [0.717, 1.165) is 44.2 Å². The Labute approximate surface area is 241 Å². The lowest BCUT2D eigenvalue weighted by Crippen LogP contribution is -2.42. The zero-order valence-electron chi connectivity index (χ0n) is 23.5. The summed E-state index contributed by atoms with van der Waals surface area (Å²) in [6.07, 6.45) is 7.79. The molecule has 220 valence electrons. The van der Waals surface area contributed by atoms with Gasteiger partial charge in [0.25, 0.3) is 0 Å². The van der Waals surface area contributed by atoms with Gasteiger partial charge in [0.05, 0.1) is 13.3 Å². The normalized spacial score (nSPS) is 25.8. The fourth-order valence-corrected chi connectivity index (χ4v) is 7.51. The predicted molar refractivity (Wildman–Crippen MR) is 151 cm³/mol. The van der Waals surface area contributed by atoms with Gasteiger partial charge in [-0.25, -0.2) is 8.78 Å². The average molecular weight is 581 g/mol. The number of phenols is 1. The number of methoxy groups -OCH3 is 1. The summed E-state index contributed by atoms with van der Waals surface area (Å²) in [5, 5.41) is 19.0. The number of aryl methyl sites for hydroxylation is 1. The Hall–Kier alpha value is -3.88. The summed E-state index contributed by atoms with van der Waals surface area (Å²) in [7, 11) is 1.43. The molecule has 0 unspecified atom stereocenters. The number of hydrogen-bond acceptors (Lipinski definition) is 5. The monoisotopic (exact) mass is 580 g/mol. The van der Waals surface area contributed by atoms with Crippen molar-refractivity contribution >= 4 is 11.9 Å². The molecule has 5 nitrogen and oxygen atoms in total. The number of hydrogen-bond donors (Lipinski definition) is 1. The maximum Gasteiger partial charge on any atom is 0.203 e. The lowest BCUT2D eigenvalue weighted by Gasteiger charge is -2.49. The zero-order chi connectivity index (χ0) is 29.6. The van der Waals surface area contributed by atoms with E-state index in [1.165, 1.54) is 18.2 Å². The molecule has 2 saturated carbocycles. The largest absolute Gasteiger partial charge is 0.508 e. The molecule has 4 atom stereocenters. The Morgan fingerprint density at radius 2 is 1.76 bits per heavy atom. The fraction of sp³-hybridized carbons (Fsp3) is 0.394. The fourth-order valence-electron chi connectivity index (χ4n) is 7.51. The van der Waals surface area contributed by atoms with Gasteiger partial charge in [-0.15, -0.1) is 0 Å². The molecule has 42 heavy (non-hydrogen) atoms. The molecule has 0 aliphatic heterocycles. The first-order valence-corrected chi connectivity index (χ1v) is 14.2. The zero-order valence-corrected chi connectivity index (χ0v) is 23.5. The van der Waals surface area contributed by atoms with E-state index in [1.54, 1.807) is 30.5 Å². The maximum absolute atomic E-state index is 14.1. The second-order valence-corrected chi connectivity index (χ2v) is 11.7. The van der Waals surface area contributed by atoms with Crippen molar-refractivity contribution in [3.05, 3.63) is 88.0 Å². The van der Waals surface area contributed by atoms with Gasteiger partial charge in [-0.3, -0.25) is 0 Å². The van der Waals surface area contributed by atoms with Crippen molar-refractivity contribution in [2.75, 3.05) is 7.11 Å². The third kappa shape index (κ3) is 4.92. The Kier molecular flexibility index (Phi) is 7.45. The van der Waals surface area contributed by atoms with Gasteiger partial charge in [-0.05, 0) is 103 Å². The molecule has 0 heterocycles. The highest BCUT2D eigenvalue weighted by molar-refractivity contribution is 5.93. The quantitative estimate of drug-likeness (QED) is 0.140. The van der Waals surface area contributed by atoms with Crippen LogP contribution < -0.4 is 9.47 Å². The minimum absolute atomic E-state index is 0.0137. The molecule has 3 aliphatic rings. The van der Waals surface area contributed by atoms with Crippen LogP contribution in [0.1, 0.15) is 67.2 Å². The Bertz CT molecular complexity index is 1560. The number of benzene rings is 3. The Morgan fingerprint density at radius 1 is 0.976 bits per heavy atom. The van der Waals surface area contributed by atoms with Crippen molar-refractivity contribution < 1.29 is 32.1 Å². The van der Waals surface area contributed by atoms with E-state index in [2.05, 4.69) is 23.2 Å². The molecule has 3 aliphatic carbocycles. The smallest absolute Gasteiger partial charge is 0.203 e. The van der Waals surface area contributed by atoms with E-state index in [9.17, 15) is 22.7 Å². The first-order valence-electron chi connectivity index (χ1n) is 14.2.